The molecule has 0 aliphatic rings. The molecule has 0 aliphatic heterocycles. The van der Waals surface area contributed by atoms with Gasteiger partial charge in [-0.2, -0.15) is 0 Å². The Morgan fingerprint density at radius 3 is 2.04 bits per heavy atom. The van der Waals surface area contributed by atoms with Gasteiger partial charge in [-0.15, -0.1) is 0 Å². The summed E-state index contributed by atoms with van der Waals surface area (Å²) in [5, 5.41) is 8.86. The highest BCUT2D eigenvalue weighted by atomic mass is 19.1. The molecule has 0 bridgehead atoms. The third-order valence-electron chi connectivity index (χ3n) is 3.52. The smallest absolute Gasteiger partial charge is 0.253 e. The van der Waals surface area contributed by atoms with Crippen molar-refractivity contribution in [3.63, 3.8) is 0 Å². The zero-order valence-electron chi connectivity index (χ0n) is 14.2. The first kappa shape index (κ1) is 18.7. The molecule has 0 spiro atoms. The summed E-state index contributed by atoms with van der Waals surface area (Å²) in [7, 11) is 1.64. The van der Waals surface area contributed by atoms with Gasteiger partial charge in [-0.3, -0.25) is 4.79 Å². The van der Waals surface area contributed by atoms with E-state index in [1.807, 2.05) is 0 Å². The second-order valence-corrected chi connectivity index (χ2v) is 5.48. The van der Waals surface area contributed by atoms with Crippen LogP contribution in [0.1, 0.15) is 16.8 Å². The van der Waals surface area contributed by atoms with Gasteiger partial charge < -0.3 is 19.5 Å². The molecule has 1 N–H and O–H groups in total. The lowest BCUT2D eigenvalue weighted by Crippen LogP contribution is -2.29. The zero-order chi connectivity index (χ0) is 18.1. The van der Waals surface area contributed by atoms with E-state index < -0.39 is 0 Å². The van der Waals surface area contributed by atoms with Crippen molar-refractivity contribution < 1.29 is 23.8 Å². The molecule has 0 aromatic heterocycles. The Morgan fingerprint density at radius 2 is 1.52 bits per heavy atom. The second kappa shape index (κ2) is 9.64. The van der Waals surface area contributed by atoms with E-state index in [2.05, 4.69) is 0 Å². The van der Waals surface area contributed by atoms with Gasteiger partial charge in [-0.25, -0.2) is 4.39 Å². The molecule has 0 aliphatic carbocycles. The number of hydrogen-bond acceptors (Lipinski definition) is 4. The summed E-state index contributed by atoms with van der Waals surface area (Å²) in [5.74, 6) is 0.855. The van der Waals surface area contributed by atoms with E-state index in [1.165, 1.54) is 17.0 Å². The van der Waals surface area contributed by atoms with Crippen LogP contribution >= 0.6 is 0 Å². The van der Waals surface area contributed by atoms with Crippen LogP contribution in [0.2, 0.25) is 0 Å². The molecule has 2 aromatic carbocycles. The molecule has 0 fully saturated rings. The maximum Gasteiger partial charge on any atom is 0.253 e. The van der Waals surface area contributed by atoms with Crippen LogP contribution < -0.4 is 9.47 Å². The first-order valence-electron chi connectivity index (χ1n) is 8.07. The molecule has 134 valence electrons. The molecule has 0 saturated carbocycles. The van der Waals surface area contributed by atoms with E-state index >= 15 is 0 Å². The Morgan fingerprint density at radius 1 is 1.00 bits per heavy atom. The van der Waals surface area contributed by atoms with Crippen molar-refractivity contribution in [3.8, 4) is 11.5 Å². The lowest BCUT2D eigenvalue weighted by Gasteiger charge is -2.15. The Balaban J connectivity index is 1.70. The number of halogens is 1. The Bertz CT molecular complexity index is 658. The summed E-state index contributed by atoms with van der Waals surface area (Å²) >= 11 is 0. The highest BCUT2D eigenvalue weighted by molar-refractivity contribution is 5.94. The van der Waals surface area contributed by atoms with Crippen molar-refractivity contribution in [1.82, 2.24) is 4.90 Å². The minimum absolute atomic E-state index is 0.0660. The SMILES string of the molecule is CN(CCO)C(=O)c1ccc(OCCCOc2ccc(F)cc2)cc1. The third-order valence-corrected chi connectivity index (χ3v) is 3.52. The quantitative estimate of drug-likeness (QED) is 0.709. The normalized spacial score (nSPS) is 10.4. The molecule has 25 heavy (non-hydrogen) atoms. The highest BCUT2D eigenvalue weighted by Crippen LogP contribution is 2.14. The maximum absolute atomic E-state index is 12.8. The van der Waals surface area contributed by atoms with E-state index in [0.717, 1.165) is 0 Å². The Labute approximate surface area is 146 Å². The number of benzene rings is 2. The average molecular weight is 347 g/mol. The molecule has 2 rings (SSSR count). The number of amides is 1. The molecule has 5 nitrogen and oxygen atoms in total. The first-order valence-corrected chi connectivity index (χ1v) is 8.07. The van der Waals surface area contributed by atoms with Crippen LogP contribution in [0, 0.1) is 5.82 Å². The van der Waals surface area contributed by atoms with Crippen LogP contribution in [0.15, 0.2) is 48.5 Å². The minimum atomic E-state index is -0.292. The number of hydrogen-bond donors (Lipinski definition) is 1. The van der Waals surface area contributed by atoms with Gasteiger partial charge in [0.25, 0.3) is 5.91 Å². The molecular weight excluding hydrogens is 325 g/mol. The van der Waals surface area contributed by atoms with Gasteiger partial charge in [0.2, 0.25) is 0 Å². The number of rotatable bonds is 9. The Kier molecular flexibility index (Phi) is 7.22. The number of carbonyl (C=O) groups excluding carboxylic acids is 1. The number of likely N-dealkylation sites (N-methyl/N-ethyl adjacent to an activating group) is 1. The summed E-state index contributed by atoms with van der Waals surface area (Å²) in [6, 6.07) is 12.7. The van der Waals surface area contributed by atoms with Crippen LogP contribution in [0.3, 0.4) is 0 Å². The highest BCUT2D eigenvalue weighted by Gasteiger charge is 2.10. The van der Waals surface area contributed by atoms with Gasteiger partial charge in [0.05, 0.1) is 19.8 Å². The van der Waals surface area contributed by atoms with Gasteiger partial charge in [0, 0.05) is 25.6 Å². The summed E-state index contributed by atoms with van der Waals surface area (Å²) < 4.78 is 23.9. The van der Waals surface area contributed by atoms with E-state index in [0.29, 0.717) is 43.2 Å². The summed E-state index contributed by atoms with van der Waals surface area (Å²) in [6.07, 6.45) is 0.678. The van der Waals surface area contributed by atoms with Gasteiger partial charge in [-0.1, -0.05) is 0 Å². The van der Waals surface area contributed by atoms with Gasteiger partial charge in [-0.05, 0) is 48.5 Å². The molecule has 0 atom stereocenters. The van der Waals surface area contributed by atoms with Crippen molar-refractivity contribution in [2.75, 3.05) is 33.4 Å². The van der Waals surface area contributed by atoms with Crippen LogP contribution in [0.5, 0.6) is 11.5 Å². The Hall–Kier alpha value is -2.60. The lowest BCUT2D eigenvalue weighted by atomic mass is 10.2. The van der Waals surface area contributed by atoms with E-state index in [4.69, 9.17) is 14.6 Å². The number of carbonyl (C=O) groups is 1. The predicted octanol–water partition coefficient (Wildman–Crippen LogP) is 2.74. The van der Waals surface area contributed by atoms with Crippen molar-refractivity contribution in [3.05, 3.63) is 59.9 Å². The molecular formula is C19H22FNO4. The first-order chi connectivity index (χ1) is 12.1. The zero-order valence-corrected chi connectivity index (χ0v) is 14.2. The van der Waals surface area contributed by atoms with E-state index in [1.54, 1.807) is 43.4 Å². The fourth-order valence-electron chi connectivity index (χ4n) is 2.14. The van der Waals surface area contributed by atoms with Crippen LogP contribution in [-0.2, 0) is 0 Å². The van der Waals surface area contributed by atoms with Crippen LogP contribution in [0.25, 0.3) is 0 Å². The topological polar surface area (TPSA) is 59.0 Å². The van der Waals surface area contributed by atoms with E-state index in [-0.39, 0.29) is 18.3 Å². The standard InChI is InChI=1S/C19H22FNO4/c1-21(11-12-22)19(23)15-3-7-17(8-4-15)24-13-2-14-25-18-9-5-16(20)6-10-18/h3-10,22H,2,11-14H2,1H3. The number of aliphatic hydroxyl groups excluding tert-OH is 1. The lowest BCUT2D eigenvalue weighted by molar-refractivity contribution is 0.0767. The predicted molar refractivity (Wildman–Crippen MR) is 92.5 cm³/mol. The second-order valence-electron chi connectivity index (χ2n) is 5.48. The van der Waals surface area contributed by atoms with Crippen molar-refractivity contribution in [2.24, 2.45) is 0 Å². The number of nitrogens with zero attached hydrogens (tertiary/aromatic N) is 1. The molecule has 1 amide bonds. The van der Waals surface area contributed by atoms with Gasteiger partial charge >= 0.3 is 0 Å². The van der Waals surface area contributed by atoms with Crippen molar-refractivity contribution in [2.45, 2.75) is 6.42 Å². The summed E-state index contributed by atoms with van der Waals surface area (Å²) in [6.45, 7) is 1.17. The molecule has 0 saturated heterocycles. The third kappa shape index (κ3) is 6.08. The summed E-state index contributed by atoms with van der Waals surface area (Å²) in [5.41, 5.74) is 0.544. The molecule has 0 heterocycles. The van der Waals surface area contributed by atoms with Gasteiger partial charge in [0.1, 0.15) is 17.3 Å². The number of ether oxygens (including phenoxy) is 2. The van der Waals surface area contributed by atoms with Crippen molar-refractivity contribution >= 4 is 5.91 Å². The molecule has 6 heteroatoms. The number of aliphatic hydroxyl groups is 1. The maximum atomic E-state index is 12.8. The molecule has 0 radical (unpaired) electrons. The van der Waals surface area contributed by atoms with Gasteiger partial charge in [0.15, 0.2) is 0 Å². The fraction of sp³-hybridized carbons (Fsp3) is 0.316. The molecule has 2 aromatic rings. The van der Waals surface area contributed by atoms with Crippen LogP contribution in [-0.4, -0.2) is 49.3 Å². The van der Waals surface area contributed by atoms with Crippen molar-refractivity contribution in [1.29, 1.82) is 0 Å². The summed E-state index contributed by atoms with van der Waals surface area (Å²) in [4.78, 5) is 13.5. The minimum Gasteiger partial charge on any atom is -0.493 e. The van der Waals surface area contributed by atoms with Crippen LogP contribution in [0.4, 0.5) is 4.39 Å². The molecule has 0 unspecified atom stereocenters. The fourth-order valence-corrected chi connectivity index (χ4v) is 2.14. The van der Waals surface area contributed by atoms with E-state index in [9.17, 15) is 9.18 Å². The average Bonchev–Trinajstić information content (AvgIpc) is 2.63. The largest absolute Gasteiger partial charge is 0.493 e. The monoisotopic (exact) mass is 347 g/mol.